The summed E-state index contributed by atoms with van der Waals surface area (Å²) in [5.41, 5.74) is 0.456. The Balaban J connectivity index is 2.89. The predicted molar refractivity (Wildman–Crippen MR) is 61.7 cm³/mol. The molecule has 1 aromatic rings. The Bertz CT molecular complexity index is 365. The Hall–Kier alpha value is -1.82. The summed E-state index contributed by atoms with van der Waals surface area (Å²) < 4.78 is 0. The lowest BCUT2D eigenvalue weighted by Crippen LogP contribution is -2.25. The lowest BCUT2D eigenvalue weighted by Gasteiger charge is -2.21. The van der Waals surface area contributed by atoms with E-state index in [1.165, 1.54) is 0 Å². The molecule has 1 rings (SSSR count). The molecule has 3 nitrogen and oxygen atoms in total. The Morgan fingerprint density at radius 3 is 3.00 bits per heavy atom. The summed E-state index contributed by atoms with van der Waals surface area (Å²) in [6.45, 7) is 7.52. The zero-order valence-corrected chi connectivity index (χ0v) is 8.98. The van der Waals surface area contributed by atoms with Gasteiger partial charge in [0.1, 0.15) is 17.6 Å². The molecule has 0 aliphatic heterocycles. The van der Waals surface area contributed by atoms with E-state index in [4.69, 9.17) is 5.26 Å². The fourth-order valence-corrected chi connectivity index (χ4v) is 1.39. The summed E-state index contributed by atoms with van der Waals surface area (Å²) in [5.74, 6) is 0.843. The zero-order chi connectivity index (χ0) is 11.1. The largest absolute Gasteiger partial charge is 0.353 e. The van der Waals surface area contributed by atoms with Gasteiger partial charge < -0.3 is 4.90 Å². The Morgan fingerprint density at radius 1 is 1.60 bits per heavy atom. The van der Waals surface area contributed by atoms with E-state index >= 15 is 0 Å². The van der Waals surface area contributed by atoms with Crippen LogP contribution < -0.4 is 4.90 Å². The number of hydrogen-bond donors (Lipinski definition) is 0. The van der Waals surface area contributed by atoms with Crippen molar-refractivity contribution in [3.8, 4) is 6.07 Å². The molecule has 1 heterocycles. The molecule has 0 fully saturated rings. The molecule has 0 unspecified atom stereocenters. The molecule has 0 bridgehead atoms. The molecule has 0 amide bonds. The number of anilines is 1. The molecule has 3 heteroatoms. The third-order valence-electron chi connectivity index (χ3n) is 2.02. The topological polar surface area (TPSA) is 39.9 Å². The van der Waals surface area contributed by atoms with Crippen LogP contribution in [-0.4, -0.2) is 18.1 Å². The maximum atomic E-state index is 8.75. The molecule has 15 heavy (non-hydrogen) atoms. The maximum absolute atomic E-state index is 8.75. The SMILES string of the molecule is C=CCN(CCC)c1cccc(C#N)n1. The van der Waals surface area contributed by atoms with Crippen LogP contribution >= 0.6 is 0 Å². The monoisotopic (exact) mass is 201 g/mol. The van der Waals surface area contributed by atoms with Crippen LogP contribution in [0.3, 0.4) is 0 Å². The summed E-state index contributed by atoms with van der Waals surface area (Å²) in [4.78, 5) is 6.35. The first-order valence-electron chi connectivity index (χ1n) is 5.04. The van der Waals surface area contributed by atoms with Crippen molar-refractivity contribution in [1.29, 1.82) is 5.26 Å². The van der Waals surface area contributed by atoms with Gasteiger partial charge in [0.15, 0.2) is 0 Å². The van der Waals surface area contributed by atoms with Gasteiger partial charge in [0.2, 0.25) is 0 Å². The lowest BCUT2D eigenvalue weighted by atomic mass is 10.3. The molecule has 1 aromatic heterocycles. The molecular formula is C12H15N3. The summed E-state index contributed by atoms with van der Waals surface area (Å²) in [7, 11) is 0. The smallest absolute Gasteiger partial charge is 0.142 e. The summed E-state index contributed by atoms with van der Waals surface area (Å²) in [6.07, 6.45) is 2.89. The molecule has 78 valence electrons. The van der Waals surface area contributed by atoms with Crippen LogP contribution in [0.1, 0.15) is 19.0 Å². The Morgan fingerprint density at radius 2 is 2.40 bits per heavy atom. The van der Waals surface area contributed by atoms with E-state index in [0.29, 0.717) is 5.69 Å². The highest BCUT2D eigenvalue weighted by Crippen LogP contribution is 2.11. The van der Waals surface area contributed by atoms with E-state index in [2.05, 4.69) is 23.4 Å². The normalized spacial score (nSPS) is 9.33. The first-order chi connectivity index (χ1) is 7.31. The van der Waals surface area contributed by atoms with E-state index in [9.17, 15) is 0 Å². The van der Waals surface area contributed by atoms with Crippen molar-refractivity contribution in [2.45, 2.75) is 13.3 Å². The van der Waals surface area contributed by atoms with Gasteiger partial charge in [-0.15, -0.1) is 6.58 Å². The summed E-state index contributed by atoms with van der Waals surface area (Å²) in [6, 6.07) is 7.52. The number of nitriles is 1. The van der Waals surface area contributed by atoms with Gasteiger partial charge in [-0.05, 0) is 18.6 Å². The molecule has 0 aromatic carbocycles. The molecule has 0 saturated carbocycles. The van der Waals surface area contributed by atoms with Crippen LogP contribution in [0.25, 0.3) is 0 Å². The van der Waals surface area contributed by atoms with E-state index in [1.54, 1.807) is 6.07 Å². The molecular weight excluding hydrogens is 186 g/mol. The second-order valence-corrected chi connectivity index (χ2v) is 3.23. The molecule has 0 radical (unpaired) electrons. The van der Waals surface area contributed by atoms with Crippen LogP contribution in [0.2, 0.25) is 0 Å². The van der Waals surface area contributed by atoms with Gasteiger partial charge in [0.25, 0.3) is 0 Å². The third-order valence-corrected chi connectivity index (χ3v) is 2.02. The summed E-state index contributed by atoms with van der Waals surface area (Å²) >= 11 is 0. The molecule has 0 saturated heterocycles. The number of aromatic nitrogens is 1. The van der Waals surface area contributed by atoms with Crippen LogP contribution in [0.15, 0.2) is 30.9 Å². The van der Waals surface area contributed by atoms with E-state index in [0.717, 1.165) is 25.3 Å². The highest BCUT2D eigenvalue weighted by Gasteiger charge is 2.05. The van der Waals surface area contributed by atoms with Crippen LogP contribution in [0.5, 0.6) is 0 Å². The van der Waals surface area contributed by atoms with E-state index in [1.807, 2.05) is 24.3 Å². The van der Waals surface area contributed by atoms with Gasteiger partial charge in [-0.3, -0.25) is 0 Å². The molecule has 0 aliphatic carbocycles. The van der Waals surface area contributed by atoms with Crippen molar-refractivity contribution in [2.75, 3.05) is 18.0 Å². The van der Waals surface area contributed by atoms with Crippen LogP contribution in [-0.2, 0) is 0 Å². The van der Waals surface area contributed by atoms with Crippen molar-refractivity contribution in [2.24, 2.45) is 0 Å². The standard InChI is InChI=1S/C12H15N3/c1-3-8-15(9-4-2)12-7-5-6-11(10-13)14-12/h3,5-7H,1,4,8-9H2,2H3. The van der Waals surface area contributed by atoms with Gasteiger partial charge >= 0.3 is 0 Å². The average molecular weight is 201 g/mol. The number of hydrogen-bond acceptors (Lipinski definition) is 3. The summed E-state index contributed by atoms with van der Waals surface area (Å²) in [5, 5.41) is 8.75. The predicted octanol–water partition coefficient (Wildman–Crippen LogP) is 2.36. The highest BCUT2D eigenvalue weighted by molar-refractivity contribution is 5.42. The van der Waals surface area contributed by atoms with Gasteiger partial charge in [0.05, 0.1) is 0 Å². The van der Waals surface area contributed by atoms with Crippen molar-refractivity contribution in [3.63, 3.8) is 0 Å². The first-order valence-corrected chi connectivity index (χ1v) is 5.04. The van der Waals surface area contributed by atoms with Crippen LogP contribution in [0, 0.1) is 11.3 Å². The minimum atomic E-state index is 0.456. The van der Waals surface area contributed by atoms with Crippen molar-refractivity contribution >= 4 is 5.82 Å². The number of rotatable bonds is 5. The van der Waals surface area contributed by atoms with Crippen molar-refractivity contribution in [3.05, 3.63) is 36.5 Å². The molecule has 0 atom stereocenters. The van der Waals surface area contributed by atoms with Gasteiger partial charge in [0, 0.05) is 13.1 Å². The van der Waals surface area contributed by atoms with Gasteiger partial charge in [-0.1, -0.05) is 19.1 Å². The Labute approximate surface area is 90.7 Å². The van der Waals surface area contributed by atoms with Gasteiger partial charge in [-0.25, -0.2) is 4.98 Å². The first kappa shape index (κ1) is 11.3. The maximum Gasteiger partial charge on any atom is 0.142 e. The number of nitrogens with zero attached hydrogens (tertiary/aromatic N) is 3. The number of pyridine rings is 1. The highest BCUT2D eigenvalue weighted by atomic mass is 15.2. The average Bonchev–Trinajstić information content (AvgIpc) is 2.29. The molecule has 0 aliphatic rings. The van der Waals surface area contributed by atoms with E-state index < -0.39 is 0 Å². The van der Waals surface area contributed by atoms with E-state index in [-0.39, 0.29) is 0 Å². The minimum absolute atomic E-state index is 0.456. The third kappa shape index (κ3) is 3.10. The van der Waals surface area contributed by atoms with Crippen molar-refractivity contribution in [1.82, 2.24) is 4.98 Å². The second kappa shape index (κ2) is 5.82. The minimum Gasteiger partial charge on any atom is -0.353 e. The second-order valence-electron chi connectivity index (χ2n) is 3.23. The van der Waals surface area contributed by atoms with Gasteiger partial charge in [-0.2, -0.15) is 5.26 Å². The quantitative estimate of drug-likeness (QED) is 0.686. The zero-order valence-electron chi connectivity index (χ0n) is 8.98. The molecule has 0 spiro atoms. The van der Waals surface area contributed by atoms with Crippen LogP contribution in [0.4, 0.5) is 5.82 Å². The molecule has 0 N–H and O–H groups in total. The fraction of sp³-hybridized carbons (Fsp3) is 0.333. The lowest BCUT2D eigenvalue weighted by molar-refractivity contribution is 0.801. The van der Waals surface area contributed by atoms with Crippen molar-refractivity contribution < 1.29 is 0 Å². The Kier molecular flexibility index (Phi) is 4.36. The fourth-order valence-electron chi connectivity index (χ4n) is 1.39.